The van der Waals surface area contributed by atoms with E-state index in [9.17, 15) is 14.4 Å². The molecule has 1 rings (SSSR count). The number of carboxylic acids is 1. The topological polar surface area (TPSA) is 122 Å². The predicted molar refractivity (Wildman–Crippen MR) is 66.6 cm³/mol. The number of hydrogen-bond donors (Lipinski definition) is 3. The maximum atomic E-state index is 11.7. The van der Waals surface area contributed by atoms with E-state index in [1.54, 1.807) is 0 Å². The first-order chi connectivity index (χ1) is 9.02. The van der Waals surface area contributed by atoms with E-state index < -0.39 is 11.9 Å². The van der Waals surface area contributed by atoms with Crippen molar-refractivity contribution >= 4 is 17.8 Å². The van der Waals surface area contributed by atoms with Crippen LogP contribution in [0.5, 0.6) is 0 Å². The molecule has 0 radical (unpaired) electrons. The van der Waals surface area contributed by atoms with Crippen LogP contribution in [-0.4, -0.2) is 34.4 Å². The van der Waals surface area contributed by atoms with Crippen molar-refractivity contribution in [3.63, 3.8) is 0 Å². The van der Waals surface area contributed by atoms with Gasteiger partial charge in [0.1, 0.15) is 5.69 Å². The molecule has 0 saturated heterocycles. The molecule has 0 aliphatic heterocycles. The standard InChI is InChI=1S/C12H15N3O4/c13-9(16)5-1-2-6-15-11(17)10-8(12(18)19)4-3-7-14-10/h3-4,7H,1-2,5-6H2,(H2,13,16)(H,15,17)(H,18,19). The van der Waals surface area contributed by atoms with E-state index in [4.69, 9.17) is 10.8 Å². The van der Waals surface area contributed by atoms with Crippen LogP contribution in [0.25, 0.3) is 0 Å². The lowest BCUT2D eigenvalue weighted by Gasteiger charge is -2.06. The van der Waals surface area contributed by atoms with E-state index in [1.165, 1.54) is 18.3 Å². The molecule has 1 aromatic heterocycles. The van der Waals surface area contributed by atoms with E-state index in [0.717, 1.165) is 0 Å². The Labute approximate surface area is 109 Å². The normalized spacial score (nSPS) is 9.89. The van der Waals surface area contributed by atoms with Gasteiger partial charge >= 0.3 is 5.97 Å². The highest BCUT2D eigenvalue weighted by Crippen LogP contribution is 2.05. The van der Waals surface area contributed by atoms with Gasteiger partial charge in [-0.25, -0.2) is 4.79 Å². The fourth-order valence-corrected chi connectivity index (χ4v) is 1.47. The van der Waals surface area contributed by atoms with Crippen LogP contribution in [0.2, 0.25) is 0 Å². The summed E-state index contributed by atoms with van der Waals surface area (Å²) in [4.78, 5) is 36.9. The van der Waals surface area contributed by atoms with Gasteiger partial charge in [0.25, 0.3) is 5.91 Å². The molecule has 0 aromatic carbocycles. The number of aromatic carboxylic acids is 1. The van der Waals surface area contributed by atoms with Crippen molar-refractivity contribution < 1.29 is 19.5 Å². The largest absolute Gasteiger partial charge is 0.478 e. The highest BCUT2D eigenvalue weighted by atomic mass is 16.4. The first-order valence-corrected chi connectivity index (χ1v) is 5.77. The Morgan fingerprint density at radius 3 is 2.68 bits per heavy atom. The molecule has 102 valence electrons. The molecule has 2 amide bonds. The number of pyridine rings is 1. The fourth-order valence-electron chi connectivity index (χ4n) is 1.47. The fraction of sp³-hybridized carbons (Fsp3) is 0.333. The number of nitrogens with zero attached hydrogens (tertiary/aromatic N) is 1. The summed E-state index contributed by atoms with van der Waals surface area (Å²) in [5.41, 5.74) is 4.72. The number of carbonyl (C=O) groups is 3. The van der Waals surface area contributed by atoms with Crippen molar-refractivity contribution in [2.45, 2.75) is 19.3 Å². The van der Waals surface area contributed by atoms with Crippen LogP contribution in [0.4, 0.5) is 0 Å². The molecule has 0 bridgehead atoms. The lowest BCUT2D eigenvalue weighted by molar-refractivity contribution is -0.118. The van der Waals surface area contributed by atoms with Crippen molar-refractivity contribution in [2.24, 2.45) is 5.73 Å². The van der Waals surface area contributed by atoms with Crippen LogP contribution in [0.3, 0.4) is 0 Å². The smallest absolute Gasteiger partial charge is 0.338 e. The van der Waals surface area contributed by atoms with Crippen molar-refractivity contribution in [1.82, 2.24) is 10.3 Å². The second kappa shape index (κ2) is 7.10. The Morgan fingerprint density at radius 2 is 2.05 bits per heavy atom. The van der Waals surface area contributed by atoms with Crippen LogP contribution >= 0.6 is 0 Å². The summed E-state index contributed by atoms with van der Waals surface area (Å²) in [5.74, 6) is -2.13. The average molecular weight is 265 g/mol. The lowest BCUT2D eigenvalue weighted by Crippen LogP contribution is -2.27. The van der Waals surface area contributed by atoms with Crippen LogP contribution in [0.1, 0.15) is 40.1 Å². The molecule has 1 heterocycles. The molecule has 7 nitrogen and oxygen atoms in total. The molecule has 19 heavy (non-hydrogen) atoms. The number of primary amides is 1. The number of nitrogens with one attached hydrogen (secondary N) is 1. The number of rotatable bonds is 7. The molecule has 7 heteroatoms. The molecule has 0 aliphatic rings. The minimum absolute atomic E-state index is 0.120. The monoisotopic (exact) mass is 265 g/mol. The number of carboxylic acid groups (broad SMARTS) is 1. The summed E-state index contributed by atoms with van der Waals surface area (Å²) >= 11 is 0. The highest BCUT2D eigenvalue weighted by molar-refractivity contribution is 6.03. The summed E-state index contributed by atoms with van der Waals surface area (Å²) in [6.07, 6.45) is 2.78. The summed E-state index contributed by atoms with van der Waals surface area (Å²) in [6.45, 7) is 0.335. The lowest BCUT2D eigenvalue weighted by atomic mass is 10.2. The third-order valence-electron chi connectivity index (χ3n) is 2.39. The van der Waals surface area contributed by atoms with Crippen molar-refractivity contribution in [2.75, 3.05) is 6.54 Å². The van der Waals surface area contributed by atoms with Gasteiger partial charge in [-0.15, -0.1) is 0 Å². The van der Waals surface area contributed by atoms with Crippen LogP contribution in [0, 0.1) is 0 Å². The summed E-state index contributed by atoms with van der Waals surface area (Å²) in [5, 5.41) is 11.5. The Kier molecular flexibility index (Phi) is 5.46. The van der Waals surface area contributed by atoms with Crippen LogP contribution in [-0.2, 0) is 4.79 Å². The zero-order valence-corrected chi connectivity index (χ0v) is 10.3. The Bertz CT molecular complexity index is 488. The molecular formula is C12H15N3O4. The van der Waals surface area contributed by atoms with Gasteiger partial charge in [0.2, 0.25) is 5.91 Å². The van der Waals surface area contributed by atoms with Crippen molar-refractivity contribution in [1.29, 1.82) is 0 Å². The van der Waals surface area contributed by atoms with E-state index in [2.05, 4.69) is 10.3 Å². The van der Waals surface area contributed by atoms with Gasteiger partial charge in [0.15, 0.2) is 0 Å². The summed E-state index contributed by atoms with van der Waals surface area (Å²) in [7, 11) is 0. The second-order valence-electron chi connectivity index (χ2n) is 3.88. The molecule has 0 spiro atoms. The van der Waals surface area contributed by atoms with Gasteiger partial charge in [-0.1, -0.05) is 0 Å². The number of hydrogen-bond acceptors (Lipinski definition) is 4. The molecular weight excluding hydrogens is 250 g/mol. The second-order valence-corrected chi connectivity index (χ2v) is 3.88. The maximum absolute atomic E-state index is 11.7. The Hall–Kier alpha value is -2.44. The molecule has 0 aliphatic carbocycles. The molecule has 0 atom stereocenters. The SMILES string of the molecule is NC(=O)CCCCNC(=O)c1ncccc1C(=O)O. The molecule has 0 fully saturated rings. The molecule has 0 saturated carbocycles. The summed E-state index contributed by atoms with van der Waals surface area (Å²) in [6, 6.07) is 2.77. The third-order valence-corrected chi connectivity index (χ3v) is 2.39. The van der Waals surface area contributed by atoms with E-state index in [-0.39, 0.29) is 23.6 Å². The van der Waals surface area contributed by atoms with Crippen LogP contribution in [0.15, 0.2) is 18.3 Å². The molecule has 1 aromatic rings. The number of unbranched alkanes of at least 4 members (excludes halogenated alkanes) is 1. The van der Waals surface area contributed by atoms with Gasteiger partial charge in [-0.05, 0) is 25.0 Å². The van der Waals surface area contributed by atoms with Crippen molar-refractivity contribution in [3.05, 3.63) is 29.6 Å². The number of aromatic nitrogens is 1. The van der Waals surface area contributed by atoms with Gasteiger partial charge in [-0.2, -0.15) is 0 Å². The Morgan fingerprint density at radius 1 is 1.32 bits per heavy atom. The quantitative estimate of drug-likeness (QED) is 0.606. The van der Waals surface area contributed by atoms with Gasteiger partial charge in [0, 0.05) is 19.2 Å². The van der Waals surface area contributed by atoms with Crippen molar-refractivity contribution in [3.8, 4) is 0 Å². The average Bonchev–Trinajstić information content (AvgIpc) is 2.37. The van der Waals surface area contributed by atoms with Crippen LogP contribution < -0.4 is 11.1 Å². The summed E-state index contributed by atoms with van der Waals surface area (Å²) < 4.78 is 0. The molecule has 0 unspecified atom stereocenters. The maximum Gasteiger partial charge on any atom is 0.338 e. The van der Waals surface area contributed by atoms with E-state index in [0.29, 0.717) is 19.4 Å². The van der Waals surface area contributed by atoms with Gasteiger partial charge in [-0.3, -0.25) is 14.6 Å². The zero-order valence-electron chi connectivity index (χ0n) is 10.3. The minimum atomic E-state index is -1.20. The molecule has 4 N–H and O–H groups in total. The first-order valence-electron chi connectivity index (χ1n) is 5.77. The third kappa shape index (κ3) is 4.74. The Balaban J connectivity index is 2.50. The van der Waals surface area contributed by atoms with E-state index in [1.807, 2.05) is 0 Å². The van der Waals surface area contributed by atoms with E-state index >= 15 is 0 Å². The number of amides is 2. The van der Waals surface area contributed by atoms with Gasteiger partial charge < -0.3 is 16.2 Å². The van der Waals surface area contributed by atoms with Gasteiger partial charge in [0.05, 0.1) is 5.56 Å². The predicted octanol–water partition coefficient (Wildman–Crippen LogP) is 0.165. The zero-order chi connectivity index (χ0) is 14.3. The first kappa shape index (κ1) is 14.6. The highest BCUT2D eigenvalue weighted by Gasteiger charge is 2.16. The number of carbonyl (C=O) groups excluding carboxylic acids is 2. The minimum Gasteiger partial charge on any atom is -0.478 e. The number of nitrogens with two attached hydrogens (primary N) is 1.